The van der Waals surface area contributed by atoms with Crippen molar-refractivity contribution in [3.8, 4) is 0 Å². The molecule has 0 heterocycles. The van der Waals surface area contributed by atoms with Gasteiger partial charge in [0.1, 0.15) is 0 Å². The predicted molar refractivity (Wildman–Crippen MR) is 76.7 cm³/mol. The third kappa shape index (κ3) is 1.89. The SMILES string of the molecule is Cc1cccc(C2(CN)CC3(CCCCC3)C2)c1. The van der Waals surface area contributed by atoms with Crippen LogP contribution >= 0.6 is 0 Å². The highest BCUT2D eigenvalue weighted by Gasteiger charge is 2.54. The van der Waals surface area contributed by atoms with E-state index in [2.05, 4.69) is 31.2 Å². The number of benzene rings is 1. The second kappa shape index (κ2) is 4.38. The largest absolute Gasteiger partial charge is 0.330 e. The Morgan fingerprint density at radius 2 is 1.83 bits per heavy atom. The Balaban J connectivity index is 1.82. The number of hydrogen-bond donors (Lipinski definition) is 1. The van der Waals surface area contributed by atoms with Gasteiger partial charge in [0.2, 0.25) is 0 Å². The van der Waals surface area contributed by atoms with Crippen molar-refractivity contribution in [2.45, 2.75) is 57.3 Å². The van der Waals surface area contributed by atoms with E-state index in [0.717, 1.165) is 6.54 Å². The van der Waals surface area contributed by atoms with E-state index >= 15 is 0 Å². The van der Waals surface area contributed by atoms with Crippen LogP contribution in [-0.4, -0.2) is 6.54 Å². The van der Waals surface area contributed by atoms with Crippen LogP contribution in [0.3, 0.4) is 0 Å². The first-order chi connectivity index (χ1) is 8.68. The molecular weight excluding hydrogens is 218 g/mol. The second-order valence-electron chi connectivity index (χ2n) is 6.77. The summed E-state index contributed by atoms with van der Waals surface area (Å²) in [6, 6.07) is 9.01. The standard InChI is InChI=1S/C17H25N/c1-14-6-5-7-15(10-14)17(13-18)11-16(12-17)8-3-2-4-9-16/h5-7,10H,2-4,8-9,11-13,18H2,1H3. The van der Waals surface area contributed by atoms with E-state index in [-0.39, 0.29) is 0 Å². The van der Waals surface area contributed by atoms with Gasteiger partial charge in [0.05, 0.1) is 0 Å². The molecule has 0 atom stereocenters. The molecule has 0 saturated heterocycles. The highest BCUT2D eigenvalue weighted by atomic mass is 14.7. The Bertz CT molecular complexity index is 421. The molecule has 98 valence electrons. The van der Waals surface area contributed by atoms with Crippen LogP contribution in [0.1, 0.15) is 56.1 Å². The molecule has 18 heavy (non-hydrogen) atoms. The van der Waals surface area contributed by atoms with Gasteiger partial charge in [0.15, 0.2) is 0 Å². The molecule has 2 N–H and O–H groups in total. The van der Waals surface area contributed by atoms with Gasteiger partial charge in [-0.3, -0.25) is 0 Å². The number of aryl methyl sites for hydroxylation is 1. The molecule has 2 aliphatic rings. The first kappa shape index (κ1) is 12.2. The normalized spacial score (nSPS) is 24.8. The van der Waals surface area contributed by atoms with Crippen LogP contribution in [0.5, 0.6) is 0 Å². The Morgan fingerprint density at radius 1 is 1.11 bits per heavy atom. The van der Waals surface area contributed by atoms with Crippen molar-refractivity contribution in [1.82, 2.24) is 0 Å². The molecule has 3 rings (SSSR count). The number of rotatable bonds is 2. The lowest BCUT2D eigenvalue weighted by atomic mass is 9.46. The van der Waals surface area contributed by atoms with Crippen molar-refractivity contribution >= 4 is 0 Å². The number of nitrogens with two attached hydrogens (primary N) is 1. The molecule has 2 saturated carbocycles. The predicted octanol–water partition coefficient (Wildman–Crippen LogP) is 3.94. The van der Waals surface area contributed by atoms with Crippen molar-refractivity contribution < 1.29 is 0 Å². The summed E-state index contributed by atoms with van der Waals surface area (Å²) in [5, 5.41) is 0. The van der Waals surface area contributed by atoms with Gasteiger partial charge in [-0.1, -0.05) is 49.1 Å². The van der Waals surface area contributed by atoms with Crippen molar-refractivity contribution in [1.29, 1.82) is 0 Å². The Labute approximate surface area is 111 Å². The van der Waals surface area contributed by atoms with Gasteiger partial charge in [-0.25, -0.2) is 0 Å². The lowest BCUT2D eigenvalue weighted by Gasteiger charge is -2.58. The summed E-state index contributed by atoms with van der Waals surface area (Å²) in [7, 11) is 0. The van der Waals surface area contributed by atoms with Crippen molar-refractivity contribution in [3.05, 3.63) is 35.4 Å². The fourth-order valence-corrected chi connectivity index (χ4v) is 4.48. The molecule has 1 nitrogen and oxygen atoms in total. The molecule has 1 aromatic carbocycles. The quantitative estimate of drug-likeness (QED) is 0.836. The first-order valence-corrected chi connectivity index (χ1v) is 7.45. The third-order valence-electron chi connectivity index (χ3n) is 5.36. The van der Waals surface area contributed by atoms with Gasteiger partial charge >= 0.3 is 0 Å². The zero-order valence-corrected chi connectivity index (χ0v) is 11.5. The number of hydrogen-bond acceptors (Lipinski definition) is 1. The summed E-state index contributed by atoms with van der Waals surface area (Å²) < 4.78 is 0. The van der Waals surface area contributed by atoms with Crippen LogP contribution in [-0.2, 0) is 5.41 Å². The second-order valence-corrected chi connectivity index (χ2v) is 6.77. The Hall–Kier alpha value is -0.820. The fourth-order valence-electron chi connectivity index (χ4n) is 4.48. The van der Waals surface area contributed by atoms with Gasteiger partial charge in [-0.2, -0.15) is 0 Å². The zero-order valence-electron chi connectivity index (χ0n) is 11.5. The summed E-state index contributed by atoms with van der Waals surface area (Å²) in [6.07, 6.45) is 9.88. The lowest BCUT2D eigenvalue weighted by Crippen LogP contribution is -2.54. The van der Waals surface area contributed by atoms with Gasteiger partial charge in [-0.05, 0) is 43.6 Å². The molecule has 1 spiro atoms. The Kier molecular flexibility index (Phi) is 2.97. The topological polar surface area (TPSA) is 26.0 Å². The molecule has 1 heteroatoms. The molecule has 0 radical (unpaired) electrons. The van der Waals surface area contributed by atoms with E-state index in [1.807, 2.05) is 0 Å². The van der Waals surface area contributed by atoms with Gasteiger partial charge in [-0.15, -0.1) is 0 Å². The van der Waals surface area contributed by atoms with E-state index in [1.54, 1.807) is 0 Å². The van der Waals surface area contributed by atoms with Crippen LogP contribution in [0.15, 0.2) is 24.3 Å². The molecular formula is C17H25N. The monoisotopic (exact) mass is 243 g/mol. The molecule has 0 aromatic heterocycles. The minimum Gasteiger partial charge on any atom is -0.330 e. The van der Waals surface area contributed by atoms with E-state index in [4.69, 9.17) is 5.73 Å². The fraction of sp³-hybridized carbons (Fsp3) is 0.647. The van der Waals surface area contributed by atoms with Crippen LogP contribution in [0, 0.1) is 12.3 Å². The highest BCUT2D eigenvalue weighted by molar-refractivity contribution is 5.34. The van der Waals surface area contributed by atoms with Crippen molar-refractivity contribution in [2.24, 2.45) is 11.1 Å². The smallest absolute Gasteiger partial charge is 0.00862 e. The van der Waals surface area contributed by atoms with Crippen molar-refractivity contribution in [3.63, 3.8) is 0 Å². The highest BCUT2D eigenvalue weighted by Crippen LogP contribution is 2.61. The third-order valence-corrected chi connectivity index (χ3v) is 5.36. The summed E-state index contributed by atoms with van der Waals surface area (Å²) in [6.45, 7) is 3.00. The first-order valence-electron chi connectivity index (χ1n) is 7.45. The molecule has 2 fully saturated rings. The summed E-state index contributed by atoms with van der Waals surface area (Å²) in [5.41, 5.74) is 9.94. The maximum atomic E-state index is 6.14. The van der Waals surface area contributed by atoms with Gasteiger partial charge < -0.3 is 5.73 Å². The van der Waals surface area contributed by atoms with Crippen molar-refractivity contribution in [2.75, 3.05) is 6.54 Å². The van der Waals surface area contributed by atoms with E-state index in [0.29, 0.717) is 10.8 Å². The summed E-state index contributed by atoms with van der Waals surface area (Å²) >= 11 is 0. The maximum Gasteiger partial charge on any atom is 0.00862 e. The lowest BCUT2D eigenvalue weighted by molar-refractivity contribution is -0.00836. The van der Waals surface area contributed by atoms with Gasteiger partial charge in [0.25, 0.3) is 0 Å². The molecule has 0 aliphatic heterocycles. The Morgan fingerprint density at radius 3 is 2.44 bits per heavy atom. The molecule has 2 aliphatic carbocycles. The van der Waals surface area contributed by atoms with E-state index in [1.165, 1.54) is 56.1 Å². The van der Waals surface area contributed by atoms with Crippen LogP contribution in [0.4, 0.5) is 0 Å². The summed E-state index contributed by atoms with van der Waals surface area (Å²) in [4.78, 5) is 0. The molecule has 0 amide bonds. The van der Waals surface area contributed by atoms with Gasteiger partial charge in [0, 0.05) is 12.0 Å². The molecule has 0 unspecified atom stereocenters. The van der Waals surface area contributed by atoms with Crippen LogP contribution in [0.25, 0.3) is 0 Å². The minimum atomic E-state index is 0.295. The zero-order chi connectivity index (χ0) is 12.6. The van der Waals surface area contributed by atoms with Crippen LogP contribution in [0.2, 0.25) is 0 Å². The average Bonchev–Trinajstić information content (AvgIpc) is 2.36. The average molecular weight is 243 g/mol. The maximum absolute atomic E-state index is 6.14. The summed E-state index contributed by atoms with van der Waals surface area (Å²) in [5.74, 6) is 0. The van der Waals surface area contributed by atoms with E-state index in [9.17, 15) is 0 Å². The van der Waals surface area contributed by atoms with Crippen LogP contribution < -0.4 is 5.73 Å². The van der Waals surface area contributed by atoms with E-state index < -0.39 is 0 Å². The molecule has 1 aromatic rings. The molecule has 0 bridgehead atoms. The minimum absolute atomic E-state index is 0.295.